The predicted molar refractivity (Wildman–Crippen MR) is 56.7 cm³/mol. The summed E-state index contributed by atoms with van der Waals surface area (Å²) in [6, 6.07) is 0. The molecule has 0 saturated heterocycles. The second-order valence-corrected chi connectivity index (χ2v) is 5.08. The van der Waals surface area contributed by atoms with Gasteiger partial charge in [-0.05, 0) is 38.0 Å². The quantitative estimate of drug-likeness (QED) is 0.713. The van der Waals surface area contributed by atoms with E-state index in [4.69, 9.17) is 0 Å². The third-order valence-corrected chi connectivity index (χ3v) is 3.57. The molecule has 0 aromatic heterocycles. The van der Waals surface area contributed by atoms with Crippen molar-refractivity contribution in [3.8, 4) is 0 Å². The van der Waals surface area contributed by atoms with Gasteiger partial charge in [-0.25, -0.2) is 0 Å². The van der Waals surface area contributed by atoms with Gasteiger partial charge in [0.05, 0.1) is 5.60 Å². The molecule has 1 rings (SSSR count). The zero-order valence-corrected chi connectivity index (χ0v) is 9.34. The molecule has 0 bridgehead atoms. The Morgan fingerprint density at radius 3 is 2.62 bits per heavy atom. The molecule has 0 radical (unpaired) electrons. The van der Waals surface area contributed by atoms with Crippen molar-refractivity contribution in [2.45, 2.75) is 64.9 Å². The summed E-state index contributed by atoms with van der Waals surface area (Å²) in [5.74, 6) is 1.37. The van der Waals surface area contributed by atoms with Crippen LogP contribution in [0.3, 0.4) is 0 Å². The van der Waals surface area contributed by atoms with Crippen molar-refractivity contribution in [3.05, 3.63) is 0 Å². The van der Waals surface area contributed by atoms with Gasteiger partial charge in [0.25, 0.3) is 0 Å². The average Bonchev–Trinajstić information content (AvgIpc) is 2.04. The third kappa shape index (κ3) is 2.98. The molecule has 0 aromatic rings. The molecule has 1 N–H and O–H groups in total. The van der Waals surface area contributed by atoms with Crippen molar-refractivity contribution in [2.75, 3.05) is 0 Å². The van der Waals surface area contributed by atoms with E-state index < -0.39 is 5.60 Å². The lowest BCUT2D eigenvalue weighted by Crippen LogP contribution is -2.37. The van der Waals surface area contributed by atoms with Crippen LogP contribution in [-0.4, -0.2) is 10.7 Å². The second-order valence-electron chi connectivity index (χ2n) is 5.08. The Labute approximate surface area is 82.5 Å². The molecule has 0 amide bonds. The van der Waals surface area contributed by atoms with E-state index in [9.17, 15) is 5.11 Å². The molecule has 1 aliphatic carbocycles. The number of hydrogen-bond acceptors (Lipinski definition) is 1. The lowest BCUT2D eigenvalue weighted by Gasteiger charge is -2.37. The Bertz CT molecular complexity index is 151. The van der Waals surface area contributed by atoms with Crippen LogP contribution in [0.25, 0.3) is 0 Å². The highest BCUT2D eigenvalue weighted by atomic mass is 16.3. The van der Waals surface area contributed by atoms with Gasteiger partial charge < -0.3 is 5.11 Å². The van der Waals surface area contributed by atoms with E-state index in [-0.39, 0.29) is 0 Å². The zero-order valence-electron chi connectivity index (χ0n) is 9.34. The van der Waals surface area contributed by atoms with Crippen LogP contribution in [-0.2, 0) is 0 Å². The lowest BCUT2D eigenvalue weighted by molar-refractivity contribution is -0.0314. The van der Waals surface area contributed by atoms with Crippen LogP contribution in [0.15, 0.2) is 0 Å². The summed E-state index contributed by atoms with van der Waals surface area (Å²) in [4.78, 5) is 0. The van der Waals surface area contributed by atoms with Gasteiger partial charge >= 0.3 is 0 Å². The highest BCUT2D eigenvalue weighted by Crippen LogP contribution is 2.37. The SMILES string of the molecule is CCCC(C)(O)C1CCCC(C)C1. The van der Waals surface area contributed by atoms with E-state index in [0.29, 0.717) is 5.92 Å². The largest absolute Gasteiger partial charge is 0.390 e. The molecule has 1 aliphatic rings. The van der Waals surface area contributed by atoms with E-state index >= 15 is 0 Å². The van der Waals surface area contributed by atoms with Crippen LogP contribution in [0.5, 0.6) is 0 Å². The van der Waals surface area contributed by atoms with Gasteiger partial charge in [-0.2, -0.15) is 0 Å². The van der Waals surface area contributed by atoms with Crippen LogP contribution in [0, 0.1) is 11.8 Å². The Kier molecular flexibility index (Phi) is 3.78. The minimum Gasteiger partial charge on any atom is -0.390 e. The van der Waals surface area contributed by atoms with Crippen molar-refractivity contribution in [1.29, 1.82) is 0 Å². The summed E-state index contributed by atoms with van der Waals surface area (Å²) in [5.41, 5.74) is -0.399. The molecule has 0 spiro atoms. The van der Waals surface area contributed by atoms with Gasteiger partial charge in [0.1, 0.15) is 0 Å². The van der Waals surface area contributed by atoms with Crippen LogP contribution >= 0.6 is 0 Å². The number of rotatable bonds is 3. The Morgan fingerprint density at radius 2 is 2.08 bits per heavy atom. The maximum Gasteiger partial charge on any atom is 0.0647 e. The fourth-order valence-electron chi connectivity index (χ4n) is 2.71. The monoisotopic (exact) mass is 184 g/mol. The average molecular weight is 184 g/mol. The first kappa shape index (κ1) is 11.0. The minimum absolute atomic E-state index is 0.399. The van der Waals surface area contributed by atoms with Gasteiger partial charge in [-0.15, -0.1) is 0 Å². The van der Waals surface area contributed by atoms with Gasteiger partial charge in [-0.1, -0.05) is 33.1 Å². The van der Waals surface area contributed by atoms with Crippen LogP contribution < -0.4 is 0 Å². The molecule has 3 atom stereocenters. The fourth-order valence-corrected chi connectivity index (χ4v) is 2.71. The van der Waals surface area contributed by atoms with Gasteiger partial charge in [0, 0.05) is 0 Å². The summed E-state index contributed by atoms with van der Waals surface area (Å²) in [6.45, 7) is 6.49. The maximum absolute atomic E-state index is 10.3. The molecule has 78 valence electrons. The van der Waals surface area contributed by atoms with Crippen molar-refractivity contribution in [2.24, 2.45) is 11.8 Å². The normalized spacial score (nSPS) is 34.2. The number of hydrogen-bond donors (Lipinski definition) is 1. The van der Waals surface area contributed by atoms with E-state index in [1.54, 1.807) is 0 Å². The Balaban J connectivity index is 2.48. The summed E-state index contributed by atoms with van der Waals surface area (Å²) >= 11 is 0. The lowest BCUT2D eigenvalue weighted by atomic mass is 9.72. The van der Waals surface area contributed by atoms with Gasteiger partial charge in [0.2, 0.25) is 0 Å². The summed E-state index contributed by atoms with van der Waals surface area (Å²) in [6.07, 6.45) is 7.19. The van der Waals surface area contributed by atoms with Gasteiger partial charge in [0.15, 0.2) is 0 Å². The topological polar surface area (TPSA) is 20.2 Å². The summed E-state index contributed by atoms with van der Waals surface area (Å²) in [5, 5.41) is 10.3. The first-order valence-electron chi connectivity index (χ1n) is 5.78. The fraction of sp³-hybridized carbons (Fsp3) is 1.00. The molecule has 0 aliphatic heterocycles. The Morgan fingerprint density at radius 1 is 1.38 bits per heavy atom. The molecular formula is C12H24O. The first-order chi connectivity index (χ1) is 6.06. The second kappa shape index (κ2) is 4.45. The minimum atomic E-state index is -0.399. The van der Waals surface area contributed by atoms with E-state index in [0.717, 1.165) is 18.8 Å². The predicted octanol–water partition coefficient (Wildman–Crippen LogP) is 3.36. The van der Waals surface area contributed by atoms with Crippen LogP contribution in [0.2, 0.25) is 0 Å². The van der Waals surface area contributed by atoms with Crippen molar-refractivity contribution >= 4 is 0 Å². The van der Waals surface area contributed by atoms with E-state index in [1.165, 1.54) is 25.7 Å². The molecule has 0 heterocycles. The summed E-state index contributed by atoms with van der Waals surface area (Å²) in [7, 11) is 0. The van der Waals surface area contributed by atoms with E-state index in [1.807, 2.05) is 6.92 Å². The molecule has 1 nitrogen and oxygen atoms in total. The number of aliphatic hydroxyl groups is 1. The van der Waals surface area contributed by atoms with Crippen molar-refractivity contribution in [1.82, 2.24) is 0 Å². The Hall–Kier alpha value is -0.0400. The maximum atomic E-state index is 10.3. The summed E-state index contributed by atoms with van der Waals surface area (Å²) < 4.78 is 0. The van der Waals surface area contributed by atoms with E-state index in [2.05, 4.69) is 13.8 Å². The molecule has 13 heavy (non-hydrogen) atoms. The van der Waals surface area contributed by atoms with Gasteiger partial charge in [-0.3, -0.25) is 0 Å². The van der Waals surface area contributed by atoms with Crippen LogP contribution in [0.4, 0.5) is 0 Å². The molecule has 3 unspecified atom stereocenters. The molecule has 1 fully saturated rings. The smallest absolute Gasteiger partial charge is 0.0647 e. The third-order valence-electron chi connectivity index (χ3n) is 3.57. The zero-order chi connectivity index (χ0) is 9.90. The molecule has 1 heteroatoms. The van der Waals surface area contributed by atoms with Crippen molar-refractivity contribution in [3.63, 3.8) is 0 Å². The molecule has 0 aromatic carbocycles. The highest BCUT2D eigenvalue weighted by Gasteiger charge is 2.33. The van der Waals surface area contributed by atoms with Crippen molar-refractivity contribution < 1.29 is 5.11 Å². The highest BCUT2D eigenvalue weighted by molar-refractivity contribution is 4.85. The molecule has 1 saturated carbocycles. The standard InChI is InChI=1S/C12H24O/c1-4-8-12(3,13)11-7-5-6-10(2)9-11/h10-11,13H,4-9H2,1-3H3. The molecular weight excluding hydrogens is 160 g/mol. The first-order valence-corrected chi connectivity index (χ1v) is 5.78. The van der Waals surface area contributed by atoms with Crippen LogP contribution in [0.1, 0.15) is 59.3 Å².